The van der Waals surface area contributed by atoms with E-state index in [1.165, 1.54) is 17.4 Å². The van der Waals surface area contributed by atoms with Gasteiger partial charge < -0.3 is 0 Å². The lowest BCUT2D eigenvalue weighted by atomic mass is 10.2. The summed E-state index contributed by atoms with van der Waals surface area (Å²) in [6.07, 6.45) is 4.18. The highest BCUT2D eigenvalue weighted by molar-refractivity contribution is 8.01. The van der Waals surface area contributed by atoms with E-state index in [2.05, 4.69) is 22.4 Å². The number of halogens is 1. The molecule has 4 nitrogen and oxygen atoms in total. The monoisotopic (exact) mass is 339 g/mol. The highest BCUT2D eigenvalue weighted by atomic mass is 35.5. The zero-order chi connectivity index (χ0) is 15.1. The van der Waals surface area contributed by atoms with Gasteiger partial charge in [0, 0.05) is 16.9 Å². The molecule has 1 amide bonds. The number of rotatable bonds is 6. The number of hydrogen-bond acceptors (Lipinski definition) is 5. The van der Waals surface area contributed by atoms with Gasteiger partial charge >= 0.3 is 0 Å². The van der Waals surface area contributed by atoms with Gasteiger partial charge in [-0.25, -0.2) is 0 Å². The first-order valence-corrected chi connectivity index (χ1v) is 8.57. The molecule has 0 bridgehead atoms. The van der Waals surface area contributed by atoms with Crippen LogP contribution >= 0.6 is 34.7 Å². The fourth-order valence-corrected chi connectivity index (χ4v) is 3.31. The van der Waals surface area contributed by atoms with E-state index in [9.17, 15) is 4.79 Å². The van der Waals surface area contributed by atoms with Crippen molar-refractivity contribution in [1.29, 1.82) is 0 Å². The van der Waals surface area contributed by atoms with Gasteiger partial charge in [-0.2, -0.15) is 0 Å². The molecule has 0 atom stereocenters. The maximum atomic E-state index is 11.8. The fourth-order valence-electron chi connectivity index (χ4n) is 1.43. The number of anilines is 1. The third-order valence-corrected chi connectivity index (χ3v) is 4.91. The zero-order valence-electron chi connectivity index (χ0n) is 11.4. The SMILES string of the molecule is CCCSc1nnc(NC(=O)/C=C/c2ccccc2Cl)s1. The molecule has 7 heteroatoms. The summed E-state index contributed by atoms with van der Waals surface area (Å²) < 4.78 is 0.863. The van der Waals surface area contributed by atoms with Crippen LogP contribution in [0.2, 0.25) is 5.02 Å². The Morgan fingerprint density at radius 1 is 1.43 bits per heavy atom. The Labute approximate surface area is 136 Å². The summed E-state index contributed by atoms with van der Waals surface area (Å²) in [4.78, 5) is 11.8. The third kappa shape index (κ3) is 5.15. The molecule has 1 aromatic heterocycles. The Hall–Kier alpha value is -1.37. The first kappa shape index (κ1) is 16.0. The van der Waals surface area contributed by atoms with Crippen molar-refractivity contribution in [3.05, 3.63) is 40.9 Å². The molecule has 0 unspecified atom stereocenters. The van der Waals surface area contributed by atoms with E-state index in [1.807, 2.05) is 18.2 Å². The van der Waals surface area contributed by atoms with Crippen LogP contribution in [0.5, 0.6) is 0 Å². The highest BCUT2D eigenvalue weighted by Gasteiger charge is 2.06. The molecule has 0 spiro atoms. The van der Waals surface area contributed by atoms with Gasteiger partial charge in [-0.05, 0) is 24.1 Å². The van der Waals surface area contributed by atoms with E-state index in [0.717, 1.165) is 22.1 Å². The van der Waals surface area contributed by atoms with Crippen LogP contribution < -0.4 is 5.32 Å². The smallest absolute Gasteiger partial charge is 0.250 e. The maximum Gasteiger partial charge on any atom is 0.250 e. The van der Waals surface area contributed by atoms with Gasteiger partial charge in [0.15, 0.2) is 4.34 Å². The Balaban J connectivity index is 1.92. The van der Waals surface area contributed by atoms with Gasteiger partial charge in [0.2, 0.25) is 11.0 Å². The van der Waals surface area contributed by atoms with Crippen LogP contribution in [0.1, 0.15) is 18.9 Å². The molecule has 21 heavy (non-hydrogen) atoms. The molecular weight excluding hydrogens is 326 g/mol. The van der Waals surface area contributed by atoms with Gasteiger partial charge in [-0.1, -0.05) is 59.8 Å². The third-order valence-electron chi connectivity index (χ3n) is 2.39. The molecule has 2 rings (SSSR count). The van der Waals surface area contributed by atoms with Crippen LogP contribution in [-0.2, 0) is 4.79 Å². The molecule has 0 saturated carbocycles. The molecule has 0 radical (unpaired) electrons. The summed E-state index contributed by atoms with van der Waals surface area (Å²) >= 11 is 9.03. The summed E-state index contributed by atoms with van der Waals surface area (Å²) in [5.41, 5.74) is 0.797. The number of carbonyl (C=O) groups excluding carboxylic acids is 1. The van der Waals surface area contributed by atoms with Crippen molar-refractivity contribution in [2.45, 2.75) is 17.7 Å². The molecular formula is C14H14ClN3OS2. The second-order valence-corrected chi connectivity index (χ2v) is 6.79. The number of amides is 1. The van der Waals surface area contributed by atoms with E-state index < -0.39 is 0 Å². The first-order valence-electron chi connectivity index (χ1n) is 6.39. The predicted molar refractivity (Wildman–Crippen MR) is 90.0 cm³/mol. The summed E-state index contributed by atoms with van der Waals surface area (Å²) in [5.74, 6) is 0.743. The van der Waals surface area contributed by atoms with E-state index >= 15 is 0 Å². The minimum Gasteiger partial charge on any atom is -0.297 e. The van der Waals surface area contributed by atoms with Crippen molar-refractivity contribution >= 4 is 51.8 Å². The second-order valence-electron chi connectivity index (χ2n) is 4.07. The molecule has 0 aliphatic heterocycles. The normalized spacial score (nSPS) is 11.0. The van der Waals surface area contributed by atoms with E-state index in [1.54, 1.807) is 23.9 Å². The van der Waals surface area contributed by atoms with Crippen LogP contribution in [0, 0.1) is 0 Å². The van der Waals surface area contributed by atoms with Gasteiger partial charge in [-0.3, -0.25) is 10.1 Å². The van der Waals surface area contributed by atoms with Crippen molar-refractivity contribution in [2.75, 3.05) is 11.1 Å². The number of benzene rings is 1. The van der Waals surface area contributed by atoms with Gasteiger partial charge in [-0.15, -0.1) is 10.2 Å². The molecule has 1 heterocycles. The van der Waals surface area contributed by atoms with Crippen LogP contribution in [-0.4, -0.2) is 21.9 Å². The summed E-state index contributed by atoms with van der Waals surface area (Å²) in [6.45, 7) is 2.11. The molecule has 0 fully saturated rings. The summed E-state index contributed by atoms with van der Waals surface area (Å²) in [5, 5.41) is 11.7. The Kier molecular flexibility index (Phi) is 6.22. The standard InChI is InChI=1S/C14H14ClN3OS2/c1-2-9-20-14-18-17-13(21-14)16-12(19)8-7-10-5-3-4-6-11(10)15/h3-8H,2,9H2,1H3,(H,16,17,19)/b8-7+. The lowest BCUT2D eigenvalue weighted by Gasteiger charge is -1.97. The van der Waals surface area contributed by atoms with E-state index in [-0.39, 0.29) is 5.91 Å². The molecule has 1 aromatic carbocycles. The average molecular weight is 340 g/mol. The Morgan fingerprint density at radius 3 is 3.00 bits per heavy atom. The molecule has 0 aliphatic rings. The Morgan fingerprint density at radius 2 is 2.24 bits per heavy atom. The van der Waals surface area contributed by atoms with Crippen molar-refractivity contribution in [1.82, 2.24) is 10.2 Å². The van der Waals surface area contributed by atoms with Crippen LogP contribution in [0.25, 0.3) is 6.08 Å². The van der Waals surface area contributed by atoms with Crippen LogP contribution in [0.3, 0.4) is 0 Å². The zero-order valence-corrected chi connectivity index (χ0v) is 13.8. The fraction of sp³-hybridized carbons (Fsp3) is 0.214. The quantitative estimate of drug-likeness (QED) is 0.483. The van der Waals surface area contributed by atoms with Crippen molar-refractivity contribution in [3.8, 4) is 0 Å². The predicted octanol–water partition coefficient (Wildman–Crippen LogP) is 4.35. The maximum absolute atomic E-state index is 11.8. The minimum atomic E-state index is -0.252. The number of aromatic nitrogens is 2. The van der Waals surface area contributed by atoms with Gasteiger partial charge in [0.1, 0.15) is 0 Å². The van der Waals surface area contributed by atoms with Gasteiger partial charge in [0.05, 0.1) is 0 Å². The number of hydrogen-bond donors (Lipinski definition) is 1. The Bertz CT molecular complexity index is 643. The van der Waals surface area contributed by atoms with Crippen LogP contribution in [0.4, 0.5) is 5.13 Å². The first-order chi connectivity index (χ1) is 10.2. The topological polar surface area (TPSA) is 54.9 Å². The van der Waals surface area contributed by atoms with Crippen LogP contribution in [0.15, 0.2) is 34.7 Å². The molecule has 2 aromatic rings. The molecule has 0 saturated heterocycles. The van der Waals surface area contributed by atoms with Crippen molar-refractivity contribution in [3.63, 3.8) is 0 Å². The lowest BCUT2D eigenvalue weighted by Crippen LogP contribution is -2.07. The van der Waals surface area contributed by atoms with Crippen molar-refractivity contribution in [2.24, 2.45) is 0 Å². The molecule has 0 aliphatic carbocycles. The summed E-state index contributed by atoms with van der Waals surface area (Å²) in [7, 11) is 0. The average Bonchev–Trinajstić information content (AvgIpc) is 2.91. The van der Waals surface area contributed by atoms with Gasteiger partial charge in [0.25, 0.3) is 0 Å². The minimum absolute atomic E-state index is 0.252. The number of nitrogens with one attached hydrogen (secondary N) is 1. The van der Waals surface area contributed by atoms with Crippen molar-refractivity contribution < 1.29 is 4.79 Å². The largest absolute Gasteiger partial charge is 0.297 e. The number of carbonyl (C=O) groups is 1. The number of nitrogens with zero attached hydrogens (tertiary/aromatic N) is 2. The molecule has 1 N–H and O–H groups in total. The molecule has 110 valence electrons. The van der Waals surface area contributed by atoms with E-state index in [0.29, 0.717) is 10.2 Å². The summed E-state index contributed by atoms with van der Waals surface area (Å²) in [6, 6.07) is 7.33. The highest BCUT2D eigenvalue weighted by Crippen LogP contribution is 2.25. The van der Waals surface area contributed by atoms with E-state index in [4.69, 9.17) is 11.6 Å². The number of thioether (sulfide) groups is 1. The second kappa shape index (κ2) is 8.17. The lowest BCUT2D eigenvalue weighted by molar-refractivity contribution is -0.111.